The fraction of sp³-hybridized carbons (Fsp3) is 0. The van der Waals surface area contributed by atoms with Gasteiger partial charge in [-0.1, -0.05) is 18.2 Å². The number of benzene rings is 2. The van der Waals surface area contributed by atoms with Crippen molar-refractivity contribution >= 4 is 22.5 Å². The topological polar surface area (TPSA) is 42.0 Å². The molecule has 4 heteroatoms. The highest BCUT2D eigenvalue weighted by atomic mass is 19.1. The molecular formula is C16H11FN2O. The maximum absolute atomic E-state index is 13.1. The van der Waals surface area contributed by atoms with E-state index in [-0.39, 0.29) is 11.7 Å². The Morgan fingerprint density at radius 3 is 2.75 bits per heavy atom. The number of aromatic nitrogens is 1. The zero-order valence-corrected chi connectivity index (χ0v) is 10.5. The quantitative estimate of drug-likeness (QED) is 0.769. The van der Waals surface area contributed by atoms with Crippen LogP contribution in [0.15, 0.2) is 60.8 Å². The van der Waals surface area contributed by atoms with Gasteiger partial charge < -0.3 is 5.32 Å². The molecule has 1 aromatic heterocycles. The van der Waals surface area contributed by atoms with Crippen LogP contribution in [0.3, 0.4) is 0 Å². The summed E-state index contributed by atoms with van der Waals surface area (Å²) in [7, 11) is 0. The minimum absolute atomic E-state index is 0.283. The van der Waals surface area contributed by atoms with Crippen molar-refractivity contribution < 1.29 is 9.18 Å². The van der Waals surface area contributed by atoms with E-state index in [1.54, 1.807) is 36.5 Å². The van der Waals surface area contributed by atoms with E-state index in [9.17, 15) is 9.18 Å². The molecule has 0 radical (unpaired) electrons. The number of hydrogen-bond donors (Lipinski definition) is 1. The molecule has 1 heterocycles. The number of hydrogen-bond acceptors (Lipinski definition) is 2. The van der Waals surface area contributed by atoms with Gasteiger partial charge in [0.2, 0.25) is 0 Å². The first kappa shape index (κ1) is 12.3. The summed E-state index contributed by atoms with van der Waals surface area (Å²) in [4.78, 5) is 16.5. The molecule has 98 valence electrons. The summed E-state index contributed by atoms with van der Waals surface area (Å²) >= 11 is 0. The summed E-state index contributed by atoms with van der Waals surface area (Å²) in [5.41, 5.74) is 1.69. The third kappa shape index (κ3) is 2.36. The lowest BCUT2D eigenvalue weighted by Crippen LogP contribution is -2.12. The maximum Gasteiger partial charge on any atom is 0.256 e. The first-order chi connectivity index (χ1) is 9.74. The Hall–Kier alpha value is -2.75. The normalized spacial score (nSPS) is 10.4. The lowest BCUT2D eigenvalue weighted by atomic mass is 10.1. The molecule has 20 heavy (non-hydrogen) atoms. The van der Waals surface area contributed by atoms with Gasteiger partial charge in [0, 0.05) is 22.8 Å². The van der Waals surface area contributed by atoms with E-state index >= 15 is 0 Å². The first-order valence-electron chi connectivity index (χ1n) is 6.15. The second-order valence-corrected chi connectivity index (χ2v) is 4.34. The van der Waals surface area contributed by atoms with Crippen molar-refractivity contribution in [1.29, 1.82) is 0 Å². The van der Waals surface area contributed by atoms with E-state index in [4.69, 9.17) is 0 Å². The molecule has 0 unspecified atom stereocenters. The van der Waals surface area contributed by atoms with Gasteiger partial charge in [0.1, 0.15) is 5.82 Å². The molecule has 0 bridgehead atoms. The van der Waals surface area contributed by atoms with Crippen LogP contribution in [0.5, 0.6) is 0 Å². The monoisotopic (exact) mass is 266 g/mol. The molecule has 3 rings (SSSR count). The van der Waals surface area contributed by atoms with Crippen LogP contribution in [0, 0.1) is 5.82 Å². The third-order valence-electron chi connectivity index (χ3n) is 2.97. The summed E-state index contributed by atoms with van der Waals surface area (Å²) in [6.45, 7) is 0. The Morgan fingerprint density at radius 2 is 1.90 bits per heavy atom. The van der Waals surface area contributed by atoms with Crippen molar-refractivity contribution in [2.75, 3.05) is 5.32 Å². The number of nitrogens with one attached hydrogen (secondary N) is 1. The molecule has 3 aromatic rings. The van der Waals surface area contributed by atoms with Gasteiger partial charge in [-0.25, -0.2) is 4.39 Å². The zero-order valence-electron chi connectivity index (χ0n) is 10.5. The standard InChI is InChI=1S/C16H11FN2O/c17-11-4-1-5-12(10-11)19-16(20)14-6-2-8-15-13(14)7-3-9-18-15/h1-10H,(H,19,20). The maximum atomic E-state index is 13.1. The number of amides is 1. The minimum atomic E-state index is -0.387. The van der Waals surface area contributed by atoms with Gasteiger partial charge in [-0.2, -0.15) is 0 Å². The Labute approximate surface area is 115 Å². The third-order valence-corrected chi connectivity index (χ3v) is 2.97. The smallest absolute Gasteiger partial charge is 0.256 e. The van der Waals surface area contributed by atoms with Crippen LogP contribution in [0.2, 0.25) is 0 Å². The molecule has 0 aliphatic carbocycles. The van der Waals surface area contributed by atoms with Gasteiger partial charge in [0.25, 0.3) is 5.91 Å². The van der Waals surface area contributed by atoms with Crippen LogP contribution >= 0.6 is 0 Å². The number of carbonyl (C=O) groups excluding carboxylic acids is 1. The van der Waals surface area contributed by atoms with Crippen molar-refractivity contribution in [3.05, 3.63) is 72.2 Å². The molecule has 0 atom stereocenters. The van der Waals surface area contributed by atoms with E-state index in [0.29, 0.717) is 11.3 Å². The number of fused-ring (bicyclic) bond motifs is 1. The Morgan fingerprint density at radius 1 is 1.05 bits per heavy atom. The predicted molar refractivity (Wildman–Crippen MR) is 76.1 cm³/mol. The van der Waals surface area contributed by atoms with Crippen molar-refractivity contribution in [2.24, 2.45) is 0 Å². The van der Waals surface area contributed by atoms with Crippen molar-refractivity contribution in [3.63, 3.8) is 0 Å². The Balaban J connectivity index is 1.97. The summed E-state index contributed by atoms with van der Waals surface area (Å²) in [5.74, 6) is -0.670. The van der Waals surface area contributed by atoms with E-state index in [1.807, 2.05) is 12.1 Å². The molecule has 0 saturated heterocycles. The minimum Gasteiger partial charge on any atom is -0.322 e. The summed E-state index contributed by atoms with van der Waals surface area (Å²) < 4.78 is 13.1. The number of halogens is 1. The molecule has 1 amide bonds. The van der Waals surface area contributed by atoms with Gasteiger partial charge >= 0.3 is 0 Å². The highest BCUT2D eigenvalue weighted by Gasteiger charge is 2.10. The summed E-state index contributed by atoms with van der Waals surface area (Å²) in [5, 5.41) is 3.45. The van der Waals surface area contributed by atoms with E-state index in [0.717, 1.165) is 10.9 Å². The van der Waals surface area contributed by atoms with Gasteiger partial charge in [0.15, 0.2) is 0 Å². The Bertz CT molecular complexity index is 781. The average molecular weight is 266 g/mol. The van der Waals surface area contributed by atoms with E-state index in [1.165, 1.54) is 12.1 Å². The molecule has 2 aromatic carbocycles. The van der Waals surface area contributed by atoms with E-state index < -0.39 is 0 Å². The van der Waals surface area contributed by atoms with Crippen LogP contribution < -0.4 is 5.32 Å². The molecular weight excluding hydrogens is 255 g/mol. The number of rotatable bonds is 2. The van der Waals surface area contributed by atoms with Crippen LogP contribution in [-0.2, 0) is 0 Å². The molecule has 0 aliphatic heterocycles. The lowest BCUT2D eigenvalue weighted by Gasteiger charge is -2.07. The SMILES string of the molecule is O=C(Nc1cccc(F)c1)c1cccc2ncccc12. The second-order valence-electron chi connectivity index (χ2n) is 4.34. The van der Waals surface area contributed by atoms with Crippen LogP contribution in [0.25, 0.3) is 10.9 Å². The molecule has 0 aliphatic rings. The van der Waals surface area contributed by atoms with Gasteiger partial charge in [0.05, 0.1) is 5.52 Å². The van der Waals surface area contributed by atoms with E-state index in [2.05, 4.69) is 10.3 Å². The zero-order chi connectivity index (χ0) is 13.9. The fourth-order valence-corrected chi connectivity index (χ4v) is 2.07. The summed E-state index contributed by atoms with van der Waals surface area (Å²) in [6, 6.07) is 14.8. The second kappa shape index (κ2) is 5.09. The van der Waals surface area contributed by atoms with Gasteiger partial charge in [-0.3, -0.25) is 9.78 Å². The van der Waals surface area contributed by atoms with Crippen LogP contribution in [-0.4, -0.2) is 10.9 Å². The van der Waals surface area contributed by atoms with Crippen LogP contribution in [0.4, 0.5) is 10.1 Å². The number of carbonyl (C=O) groups is 1. The van der Waals surface area contributed by atoms with Crippen molar-refractivity contribution in [1.82, 2.24) is 4.98 Å². The first-order valence-corrected chi connectivity index (χ1v) is 6.15. The average Bonchev–Trinajstić information content (AvgIpc) is 2.46. The lowest BCUT2D eigenvalue weighted by molar-refractivity contribution is 0.102. The molecule has 0 spiro atoms. The largest absolute Gasteiger partial charge is 0.322 e. The van der Waals surface area contributed by atoms with Gasteiger partial charge in [-0.15, -0.1) is 0 Å². The van der Waals surface area contributed by atoms with Crippen molar-refractivity contribution in [3.8, 4) is 0 Å². The van der Waals surface area contributed by atoms with Crippen molar-refractivity contribution in [2.45, 2.75) is 0 Å². The molecule has 1 N–H and O–H groups in total. The fourth-order valence-electron chi connectivity index (χ4n) is 2.07. The molecule has 3 nitrogen and oxygen atoms in total. The predicted octanol–water partition coefficient (Wildman–Crippen LogP) is 3.63. The summed E-state index contributed by atoms with van der Waals surface area (Å²) in [6.07, 6.45) is 1.68. The van der Waals surface area contributed by atoms with Crippen LogP contribution in [0.1, 0.15) is 10.4 Å². The number of anilines is 1. The highest BCUT2D eigenvalue weighted by Crippen LogP contribution is 2.18. The number of nitrogens with zero attached hydrogens (tertiary/aromatic N) is 1. The molecule has 0 saturated carbocycles. The highest BCUT2D eigenvalue weighted by molar-refractivity contribution is 6.12. The number of pyridine rings is 1. The van der Waals surface area contributed by atoms with Gasteiger partial charge in [-0.05, 0) is 36.4 Å². The molecule has 0 fully saturated rings. The Kier molecular flexibility index (Phi) is 3.13.